The number of nitrogens with one attached hydrogen (secondary N) is 1. The lowest BCUT2D eigenvalue weighted by Crippen LogP contribution is -2.57. The van der Waals surface area contributed by atoms with Crippen molar-refractivity contribution in [3.05, 3.63) is 17.5 Å². The lowest BCUT2D eigenvalue weighted by molar-refractivity contribution is 0.0354. The van der Waals surface area contributed by atoms with E-state index in [-0.39, 0.29) is 24.0 Å². The molecule has 5 aliphatic rings. The molecule has 5 fully saturated rings. The largest absolute Gasteiger partial charge is 0.379 e. The number of nitrogens with zero attached hydrogens (tertiary/aromatic N) is 5. The maximum atomic E-state index is 13.8. The van der Waals surface area contributed by atoms with Gasteiger partial charge in [-0.2, -0.15) is 17.0 Å². The van der Waals surface area contributed by atoms with E-state index in [9.17, 15) is 13.2 Å². The van der Waals surface area contributed by atoms with Crippen LogP contribution < -0.4 is 5.32 Å². The molecule has 3 atom stereocenters. The van der Waals surface area contributed by atoms with Crippen molar-refractivity contribution in [2.75, 3.05) is 59.5 Å². The van der Waals surface area contributed by atoms with Crippen molar-refractivity contribution in [1.29, 1.82) is 0 Å². The normalized spacial score (nSPS) is 29.7. The van der Waals surface area contributed by atoms with Crippen molar-refractivity contribution in [2.45, 2.75) is 87.9 Å². The Labute approximate surface area is 232 Å². The van der Waals surface area contributed by atoms with Gasteiger partial charge in [-0.05, 0) is 77.9 Å². The number of rotatable bonds is 10. The minimum absolute atomic E-state index is 0.0422. The van der Waals surface area contributed by atoms with E-state index in [1.807, 2.05) is 0 Å². The van der Waals surface area contributed by atoms with Crippen molar-refractivity contribution in [3.8, 4) is 0 Å². The highest BCUT2D eigenvalue weighted by Crippen LogP contribution is 2.41. The van der Waals surface area contributed by atoms with E-state index >= 15 is 0 Å². The van der Waals surface area contributed by atoms with E-state index in [1.165, 1.54) is 0 Å². The van der Waals surface area contributed by atoms with Gasteiger partial charge in [0, 0.05) is 62.3 Å². The molecule has 2 bridgehead atoms. The van der Waals surface area contributed by atoms with E-state index < -0.39 is 10.2 Å². The van der Waals surface area contributed by atoms with Crippen molar-refractivity contribution in [1.82, 2.24) is 28.9 Å². The third-order valence-corrected chi connectivity index (χ3v) is 11.6. The van der Waals surface area contributed by atoms with Crippen LogP contribution in [0.3, 0.4) is 0 Å². The van der Waals surface area contributed by atoms with Crippen molar-refractivity contribution in [3.63, 3.8) is 0 Å². The van der Waals surface area contributed by atoms with Crippen LogP contribution in [0.4, 0.5) is 0 Å². The van der Waals surface area contributed by atoms with E-state index in [0.717, 1.165) is 90.1 Å². The molecule has 218 valence electrons. The van der Waals surface area contributed by atoms with E-state index in [0.29, 0.717) is 43.6 Å². The zero-order valence-electron chi connectivity index (χ0n) is 23.2. The van der Waals surface area contributed by atoms with Gasteiger partial charge < -0.3 is 19.5 Å². The van der Waals surface area contributed by atoms with E-state index in [1.54, 1.807) is 14.7 Å². The summed E-state index contributed by atoms with van der Waals surface area (Å²) in [6.45, 7) is 7.00. The van der Waals surface area contributed by atoms with Gasteiger partial charge in [0.2, 0.25) is 0 Å². The van der Waals surface area contributed by atoms with Gasteiger partial charge in [0.1, 0.15) is 5.76 Å². The van der Waals surface area contributed by atoms with Crippen LogP contribution >= 0.6 is 0 Å². The Morgan fingerprint density at radius 2 is 1.74 bits per heavy atom. The molecule has 1 unspecified atom stereocenters. The number of carbonyl (C=O) groups excluding carboxylic acids is 1. The minimum Gasteiger partial charge on any atom is -0.379 e. The number of piperidine rings is 2. The first-order valence-corrected chi connectivity index (χ1v) is 16.3. The van der Waals surface area contributed by atoms with E-state index in [2.05, 4.69) is 27.3 Å². The number of aromatic nitrogens is 1. The number of amides is 1. The van der Waals surface area contributed by atoms with Crippen LogP contribution in [0.15, 0.2) is 10.6 Å². The summed E-state index contributed by atoms with van der Waals surface area (Å²) in [7, 11) is -1.34. The summed E-state index contributed by atoms with van der Waals surface area (Å²) < 4.78 is 41.8. The second-order valence-corrected chi connectivity index (χ2v) is 14.0. The third kappa shape index (κ3) is 6.20. The van der Waals surface area contributed by atoms with Gasteiger partial charge in [0.25, 0.3) is 16.1 Å². The third-order valence-electron chi connectivity index (χ3n) is 9.47. The molecular weight excluding hydrogens is 520 g/mol. The van der Waals surface area contributed by atoms with Crippen LogP contribution in [0, 0.1) is 0 Å². The van der Waals surface area contributed by atoms with Crippen LogP contribution in [-0.2, 0) is 14.9 Å². The van der Waals surface area contributed by atoms with Crippen LogP contribution in [0.5, 0.6) is 0 Å². The maximum Gasteiger partial charge on any atom is 0.282 e. The lowest BCUT2D eigenvalue weighted by atomic mass is 9.99. The molecule has 5 heterocycles. The molecule has 6 rings (SSSR count). The molecule has 4 saturated heterocycles. The van der Waals surface area contributed by atoms with Gasteiger partial charge in [0.05, 0.1) is 13.2 Å². The van der Waals surface area contributed by atoms with E-state index in [4.69, 9.17) is 9.26 Å². The van der Waals surface area contributed by atoms with Crippen molar-refractivity contribution in [2.24, 2.45) is 0 Å². The molecule has 4 aliphatic heterocycles. The Hall–Kier alpha value is -1.57. The van der Waals surface area contributed by atoms with Crippen molar-refractivity contribution >= 4 is 16.1 Å². The van der Waals surface area contributed by atoms with Gasteiger partial charge in [-0.3, -0.25) is 9.69 Å². The molecule has 1 aromatic heterocycles. The molecule has 1 aromatic rings. The average molecular weight is 565 g/mol. The second-order valence-electron chi connectivity index (χ2n) is 12.2. The second kappa shape index (κ2) is 11.7. The minimum atomic E-state index is -3.52. The Balaban J connectivity index is 0.972. The highest BCUT2D eigenvalue weighted by molar-refractivity contribution is 7.86. The predicted octanol–water partition coefficient (Wildman–Crippen LogP) is 1.64. The summed E-state index contributed by atoms with van der Waals surface area (Å²) in [5.41, 5.74) is 0.327. The number of fused-ring (bicyclic) bond motifs is 2. The molecule has 11 nitrogen and oxygen atoms in total. The fourth-order valence-corrected chi connectivity index (χ4v) is 9.12. The fourth-order valence-electron chi connectivity index (χ4n) is 7.04. The summed E-state index contributed by atoms with van der Waals surface area (Å²) >= 11 is 0. The molecule has 12 heteroatoms. The zero-order valence-corrected chi connectivity index (χ0v) is 24.0. The Kier molecular flexibility index (Phi) is 8.30. The Morgan fingerprint density at radius 3 is 2.41 bits per heavy atom. The van der Waals surface area contributed by atoms with Crippen LogP contribution in [-0.4, -0.2) is 122 Å². The maximum absolute atomic E-state index is 13.8. The summed E-state index contributed by atoms with van der Waals surface area (Å²) in [5, 5.41) is 7.06. The summed E-state index contributed by atoms with van der Waals surface area (Å²) in [4.78, 5) is 17.7. The molecule has 0 radical (unpaired) electrons. The fraction of sp³-hybridized carbons (Fsp3) is 0.852. The molecule has 1 saturated carbocycles. The number of morpholine rings is 1. The van der Waals surface area contributed by atoms with Crippen LogP contribution in [0.25, 0.3) is 0 Å². The number of hydrogen-bond acceptors (Lipinski definition) is 8. The average Bonchev–Trinajstić information content (AvgIpc) is 3.59. The first-order valence-electron chi connectivity index (χ1n) is 14.9. The van der Waals surface area contributed by atoms with Gasteiger partial charge in [0.15, 0.2) is 5.69 Å². The van der Waals surface area contributed by atoms with Crippen LogP contribution in [0.1, 0.15) is 80.0 Å². The summed E-state index contributed by atoms with van der Waals surface area (Å²) in [6.07, 6.45) is 8.07. The standard InChI is InChI=1S/C27H44N6O5S/c1-30(9-2-10-31-13-15-37-16-14-31)22-7-11-32(12-8-22)39(35,36)33-23-5-6-24(33)18-21(17-23)28-27(34)25-19-26(38-29-25)20-3-4-20/h19-24H,2-18H2,1H3,(H,28,34)/t21?,23-,24+. The molecule has 0 aromatic carbocycles. The molecule has 1 N–H and O–H groups in total. The summed E-state index contributed by atoms with van der Waals surface area (Å²) in [5.74, 6) is 0.987. The highest BCUT2D eigenvalue weighted by atomic mass is 32.2. The first-order chi connectivity index (χ1) is 18.9. The quantitative estimate of drug-likeness (QED) is 0.457. The number of carbonyl (C=O) groups is 1. The lowest BCUT2D eigenvalue weighted by Gasteiger charge is -2.43. The first kappa shape index (κ1) is 27.6. The highest BCUT2D eigenvalue weighted by Gasteiger charge is 2.49. The summed E-state index contributed by atoms with van der Waals surface area (Å²) in [6, 6.07) is 2.03. The van der Waals surface area contributed by atoms with Crippen LogP contribution in [0.2, 0.25) is 0 Å². The Morgan fingerprint density at radius 1 is 1.05 bits per heavy atom. The van der Waals surface area contributed by atoms with Gasteiger partial charge in [-0.25, -0.2) is 0 Å². The molecule has 39 heavy (non-hydrogen) atoms. The molecular formula is C27H44N6O5S. The number of hydrogen-bond donors (Lipinski definition) is 1. The van der Waals surface area contributed by atoms with Crippen molar-refractivity contribution < 1.29 is 22.5 Å². The van der Waals surface area contributed by atoms with Gasteiger partial charge >= 0.3 is 0 Å². The topological polar surface area (TPSA) is 111 Å². The van der Waals surface area contributed by atoms with Gasteiger partial charge in [-0.15, -0.1) is 0 Å². The number of ether oxygens (including phenoxy) is 1. The smallest absolute Gasteiger partial charge is 0.282 e. The zero-order chi connectivity index (χ0) is 27.0. The predicted molar refractivity (Wildman–Crippen MR) is 146 cm³/mol. The molecule has 1 aliphatic carbocycles. The SMILES string of the molecule is CN(CCCN1CCOCC1)C1CCN(S(=O)(=O)N2[C@@H]3CC[C@H]2CC(NC(=O)c2cc(C4CC4)on2)C3)CC1. The molecule has 1 amide bonds. The van der Waals surface area contributed by atoms with Gasteiger partial charge in [-0.1, -0.05) is 5.16 Å². The monoisotopic (exact) mass is 564 g/mol. The molecule has 0 spiro atoms. The Bertz CT molecular complexity index is 1080.